The number of hydroxylamine groups is 1. The van der Waals surface area contributed by atoms with E-state index in [0.29, 0.717) is 5.56 Å². The molecule has 27 heavy (non-hydrogen) atoms. The number of rotatable bonds is 6. The van der Waals surface area contributed by atoms with Crippen molar-refractivity contribution in [2.45, 2.75) is 43.4 Å². The second-order valence-electron chi connectivity index (χ2n) is 8.72. The van der Waals surface area contributed by atoms with Gasteiger partial charge in [0.1, 0.15) is 0 Å². The van der Waals surface area contributed by atoms with E-state index < -0.39 is 10.0 Å². The third kappa shape index (κ3) is 3.52. The van der Waals surface area contributed by atoms with Crippen molar-refractivity contribution >= 4 is 15.9 Å². The van der Waals surface area contributed by atoms with Crippen LogP contribution in [0.2, 0.25) is 0 Å². The van der Waals surface area contributed by atoms with Crippen LogP contribution in [0.1, 0.15) is 48.9 Å². The molecule has 0 radical (unpaired) electrons. The fourth-order valence-corrected chi connectivity index (χ4v) is 6.87. The molecule has 0 aromatic heterocycles. The standard InChI is InChI=1S/C20H28N2O4S/c1-22(26-2)27(24,25)18-5-3-17(4-6-18)19(23)21-13-20-10-14-7-15(11-20)9-16(8-14)12-20/h3-6,14-16H,7-13H2,1-2H3,(H,21,23). The lowest BCUT2D eigenvalue weighted by atomic mass is 9.49. The Kier molecular flexibility index (Phi) is 4.81. The van der Waals surface area contributed by atoms with Crippen LogP contribution in [0.3, 0.4) is 0 Å². The molecule has 4 bridgehead atoms. The van der Waals surface area contributed by atoms with Gasteiger partial charge in [0, 0.05) is 19.2 Å². The van der Waals surface area contributed by atoms with Crippen molar-refractivity contribution in [2.24, 2.45) is 23.2 Å². The summed E-state index contributed by atoms with van der Waals surface area (Å²) in [6.07, 6.45) is 7.91. The maximum absolute atomic E-state index is 12.6. The molecule has 0 spiro atoms. The van der Waals surface area contributed by atoms with Crippen molar-refractivity contribution in [1.29, 1.82) is 0 Å². The number of carbonyl (C=O) groups is 1. The zero-order valence-corrected chi connectivity index (χ0v) is 16.8. The molecule has 0 heterocycles. The van der Waals surface area contributed by atoms with Crippen LogP contribution in [0.5, 0.6) is 0 Å². The second kappa shape index (κ2) is 6.87. The van der Waals surface area contributed by atoms with Crippen LogP contribution in [0, 0.1) is 23.2 Å². The molecule has 0 aliphatic heterocycles. The molecule has 0 unspecified atom stereocenters. The summed E-state index contributed by atoms with van der Waals surface area (Å²) in [5.41, 5.74) is 0.772. The Morgan fingerprint density at radius 1 is 1.11 bits per heavy atom. The summed E-state index contributed by atoms with van der Waals surface area (Å²) in [4.78, 5) is 17.5. The van der Waals surface area contributed by atoms with Crippen LogP contribution in [-0.4, -0.2) is 39.5 Å². The Bertz CT molecular complexity index is 784. The number of benzene rings is 1. The number of nitrogens with one attached hydrogen (secondary N) is 1. The van der Waals surface area contributed by atoms with E-state index in [1.165, 1.54) is 64.8 Å². The molecule has 4 aliphatic rings. The fraction of sp³-hybridized carbons (Fsp3) is 0.650. The van der Waals surface area contributed by atoms with Gasteiger partial charge in [-0.3, -0.25) is 9.63 Å². The smallest absolute Gasteiger partial charge is 0.264 e. The lowest BCUT2D eigenvalue weighted by Crippen LogP contribution is -2.51. The Morgan fingerprint density at radius 2 is 1.63 bits per heavy atom. The first kappa shape index (κ1) is 18.9. The summed E-state index contributed by atoms with van der Waals surface area (Å²) in [7, 11) is -1.06. The molecule has 1 N–H and O–H groups in total. The van der Waals surface area contributed by atoms with Gasteiger partial charge in [-0.1, -0.05) is 4.47 Å². The predicted octanol–water partition coefficient (Wildman–Crippen LogP) is 2.81. The number of nitrogens with zero attached hydrogens (tertiary/aromatic N) is 1. The minimum absolute atomic E-state index is 0.101. The van der Waals surface area contributed by atoms with Gasteiger partial charge in [-0.25, -0.2) is 8.42 Å². The summed E-state index contributed by atoms with van der Waals surface area (Å²) in [5, 5.41) is 3.12. The molecule has 4 fully saturated rings. The second-order valence-corrected chi connectivity index (χ2v) is 10.7. The SMILES string of the molecule is CON(C)S(=O)(=O)c1ccc(C(=O)NCC23CC4CC(CC(C4)C2)C3)cc1. The van der Waals surface area contributed by atoms with E-state index in [1.807, 2.05) is 0 Å². The third-order valence-electron chi connectivity index (χ3n) is 6.80. The minimum atomic E-state index is -3.70. The molecule has 6 nitrogen and oxygen atoms in total. The third-order valence-corrected chi connectivity index (χ3v) is 8.49. The quantitative estimate of drug-likeness (QED) is 0.756. The zero-order chi connectivity index (χ0) is 19.2. The Labute approximate surface area is 161 Å². The lowest BCUT2D eigenvalue weighted by molar-refractivity contribution is -0.0503. The normalized spacial score (nSPS) is 32.0. The van der Waals surface area contributed by atoms with Crippen molar-refractivity contribution in [1.82, 2.24) is 9.79 Å². The van der Waals surface area contributed by atoms with Gasteiger partial charge in [0.15, 0.2) is 0 Å². The molecule has 0 saturated heterocycles. The van der Waals surface area contributed by atoms with E-state index in [1.54, 1.807) is 12.1 Å². The van der Waals surface area contributed by atoms with Gasteiger partial charge in [-0.2, -0.15) is 0 Å². The van der Waals surface area contributed by atoms with Crippen LogP contribution < -0.4 is 5.32 Å². The highest BCUT2D eigenvalue weighted by atomic mass is 32.2. The van der Waals surface area contributed by atoms with E-state index >= 15 is 0 Å². The molecule has 1 aromatic rings. The molecule has 5 rings (SSSR count). The van der Waals surface area contributed by atoms with Crippen LogP contribution in [0.4, 0.5) is 0 Å². The predicted molar refractivity (Wildman–Crippen MR) is 101 cm³/mol. The van der Waals surface area contributed by atoms with Crippen LogP contribution in [0.25, 0.3) is 0 Å². The summed E-state index contributed by atoms with van der Waals surface area (Å²) < 4.78 is 25.3. The van der Waals surface area contributed by atoms with Crippen LogP contribution >= 0.6 is 0 Å². The highest BCUT2D eigenvalue weighted by molar-refractivity contribution is 7.89. The Hall–Kier alpha value is -1.44. The highest BCUT2D eigenvalue weighted by Gasteiger charge is 2.50. The maximum atomic E-state index is 12.6. The molecule has 7 heteroatoms. The molecule has 0 atom stereocenters. The van der Waals surface area contributed by atoms with Gasteiger partial charge in [0.25, 0.3) is 15.9 Å². The minimum Gasteiger partial charge on any atom is -0.351 e. The number of sulfonamides is 1. The van der Waals surface area contributed by atoms with Crippen LogP contribution in [0.15, 0.2) is 29.2 Å². The average Bonchev–Trinajstić information content (AvgIpc) is 2.64. The van der Waals surface area contributed by atoms with E-state index in [2.05, 4.69) is 5.32 Å². The first-order valence-electron chi connectivity index (χ1n) is 9.73. The van der Waals surface area contributed by atoms with Gasteiger partial charge < -0.3 is 5.32 Å². The van der Waals surface area contributed by atoms with E-state index in [-0.39, 0.29) is 16.2 Å². The van der Waals surface area contributed by atoms with Crippen LogP contribution in [-0.2, 0) is 14.9 Å². The zero-order valence-electron chi connectivity index (χ0n) is 16.0. The lowest BCUT2D eigenvalue weighted by Gasteiger charge is -2.56. The average molecular weight is 393 g/mol. The first-order valence-corrected chi connectivity index (χ1v) is 11.2. The van der Waals surface area contributed by atoms with E-state index in [9.17, 15) is 13.2 Å². The molecule has 4 aliphatic carbocycles. The van der Waals surface area contributed by atoms with E-state index in [0.717, 1.165) is 28.8 Å². The molecule has 1 aromatic carbocycles. The van der Waals surface area contributed by atoms with Gasteiger partial charge in [0.05, 0.1) is 12.0 Å². The topological polar surface area (TPSA) is 75.7 Å². The van der Waals surface area contributed by atoms with Crippen molar-refractivity contribution in [3.8, 4) is 0 Å². The largest absolute Gasteiger partial charge is 0.351 e. The monoisotopic (exact) mass is 392 g/mol. The number of hydrogen-bond acceptors (Lipinski definition) is 4. The molecular weight excluding hydrogens is 364 g/mol. The van der Waals surface area contributed by atoms with Gasteiger partial charge in [-0.15, -0.1) is 0 Å². The Morgan fingerprint density at radius 3 is 2.11 bits per heavy atom. The van der Waals surface area contributed by atoms with Crippen molar-refractivity contribution in [2.75, 3.05) is 20.7 Å². The highest BCUT2D eigenvalue weighted by Crippen LogP contribution is 2.59. The summed E-state index contributed by atoms with van der Waals surface area (Å²) in [5.74, 6) is 2.44. The molecular formula is C20H28N2O4S. The molecule has 4 saturated carbocycles. The van der Waals surface area contributed by atoms with Crippen molar-refractivity contribution in [3.05, 3.63) is 29.8 Å². The molecule has 148 valence electrons. The van der Waals surface area contributed by atoms with Crippen molar-refractivity contribution < 1.29 is 18.0 Å². The van der Waals surface area contributed by atoms with Gasteiger partial charge >= 0.3 is 0 Å². The summed E-state index contributed by atoms with van der Waals surface area (Å²) in [6.45, 7) is 0.738. The number of carbonyl (C=O) groups excluding carboxylic acids is 1. The van der Waals surface area contributed by atoms with E-state index in [4.69, 9.17) is 4.84 Å². The summed E-state index contributed by atoms with van der Waals surface area (Å²) >= 11 is 0. The fourth-order valence-electron chi connectivity index (χ4n) is 5.90. The summed E-state index contributed by atoms with van der Waals surface area (Å²) in [6, 6.07) is 6.02. The maximum Gasteiger partial charge on any atom is 0.264 e. The molecule has 1 amide bonds. The van der Waals surface area contributed by atoms with Gasteiger partial charge in [0.2, 0.25) is 0 Å². The number of hydrogen-bond donors (Lipinski definition) is 1. The van der Waals surface area contributed by atoms with Crippen molar-refractivity contribution in [3.63, 3.8) is 0 Å². The van der Waals surface area contributed by atoms with Gasteiger partial charge in [-0.05, 0) is 86.0 Å². The number of amides is 1. The first-order chi connectivity index (χ1) is 12.8. The Balaban J connectivity index is 1.41.